The highest BCUT2D eigenvalue weighted by Gasteiger charge is 2.05. The van der Waals surface area contributed by atoms with Crippen molar-refractivity contribution in [1.82, 2.24) is 20.4 Å². The maximum Gasteiger partial charge on any atom is 0.191 e. The number of rotatable bonds is 12. The first-order valence-electron chi connectivity index (χ1n) is 10.0. The zero-order valence-corrected chi connectivity index (χ0v) is 20.0. The maximum atomic E-state index is 5.91. The lowest BCUT2D eigenvalue weighted by Crippen LogP contribution is -2.38. The molecular weight excluding hydrogens is 481 g/mol. The van der Waals surface area contributed by atoms with Gasteiger partial charge in [-0.2, -0.15) is 5.10 Å². The number of hydrogen-bond acceptors (Lipinski definition) is 4. The van der Waals surface area contributed by atoms with Gasteiger partial charge in [-0.25, -0.2) is 4.99 Å². The van der Waals surface area contributed by atoms with Crippen LogP contribution >= 0.6 is 24.0 Å². The number of aryl methyl sites for hydroxylation is 2. The van der Waals surface area contributed by atoms with Gasteiger partial charge >= 0.3 is 0 Å². The summed E-state index contributed by atoms with van der Waals surface area (Å²) in [5, 5.41) is 10.9. The van der Waals surface area contributed by atoms with Crippen molar-refractivity contribution in [1.29, 1.82) is 0 Å². The van der Waals surface area contributed by atoms with Gasteiger partial charge in [0.05, 0.1) is 13.2 Å². The third-order valence-corrected chi connectivity index (χ3v) is 4.08. The summed E-state index contributed by atoms with van der Waals surface area (Å²) in [6.45, 7) is 11.0. The molecule has 0 saturated heterocycles. The number of halogens is 1. The Morgan fingerprint density at radius 2 is 2.07 bits per heavy atom. The lowest BCUT2D eigenvalue weighted by Gasteiger charge is -2.14. The van der Waals surface area contributed by atoms with Crippen LogP contribution in [-0.2, 0) is 17.8 Å². The SMILES string of the molecule is CCNC(=NCc1ccc(C)cc1OCCOCC)NCCCn1cccn1.I. The molecule has 0 bridgehead atoms. The number of benzene rings is 1. The molecule has 0 radical (unpaired) electrons. The van der Waals surface area contributed by atoms with Gasteiger partial charge in [-0.15, -0.1) is 24.0 Å². The molecule has 1 aromatic heterocycles. The zero-order valence-electron chi connectivity index (χ0n) is 17.7. The van der Waals surface area contributed by atoms with Crippen LogP contribution < -0.4 is 15.4 Å². The molecule has 0 amide bonds. The Bertz CT molecular complexity index is 707. The molecule has 1 aromatic carbocycles. The number of nitrogens with zero attached hydrogens (tertiary/aromatic N) is 3. The van der Waals surface area contributed by atoms with Crippen molar-refractivity contribution in [3.63, 3.8) is 0 Å². The zero-order chi connectivity index (χ0) is 20.0. The number of nitrogens with one attached hydrogen (secondary N) is 2. The van der Waals surface area contributed by atoms with Gasteiger partial charge in [-0.1, -0.05) is 12.1 Å². The molecule has 2 rings (SSSR count). The molecule has 0 atom stereocenters. The molecule has 0 fully saturated rings. The lowest BCUT2D eigenvalue weighted by atomic mass is 10.1. The normalized spacial score (nSPS) is 11.1. The molecule has 2 aromatic rings. The van der Waals surface area contributed by atoms with Gasteiger partial charge in [0.2, 0.25) is 0 Å². The summed E-state index contributed by atoms with van der Waals surface area (Å²) < 4.78 is 13.2. The standard InChI is InChI=1S/C21H33N5O2.HI/c1-4-22-21(23-10-6-12-26-13-7-11-25-26)24-17-19-9-8-18(3)16-20(19)28-15-14-27-5-2;/h7-9,11,13,16H,4-6,10,12,14-15,17H2,1-3H3,(H2,22,23,24);1H. The Balaban J connectivity index is 0.00000420. The van der Waals surface area contributed by atoms with Crippen LogP contribution in [0.25, 0.3) is 0 Å². The van der Waals surface area contributed by atoms with Gasteiger partial charge in [0.1, 0.15) is 12.4 Å². The Labute approximate surface area is 191 Å². The van der Waals surface area contributed by atoms with Crippen LogP contribution in [0.4, 0.5) is 0 Å². The van der Waals surface area contributed by atoms with E-state index in [0.717, 1.165) is 43.3 Å². The average molecular weight is 515 g/mol. The Morgan fingerprint density at radius 1 is 1.21 bits per heavy atom. The number of aliphatic imine (C=N–C) groups is 1. The maximum absolute atomic E-state index is 5.91. The summed E-state index contributed by atoms with van der Waals surface area (Å²) in [5.74, 6) is 1.68. The van der Waals surface area contributed by atoms with Gasteiger partial charge in [0.15, 0.2) is 5.96 Å². The molecule has 29 heavy (non-hydrogen) atoms. The van der Waals surface area contributed by atoms with Crippen molar-refractivity contribution in [2.24, 2.45) is 4.99 Å². The van der Waals surface area contributed by atoms with Crippen molar-refractivity contribution < 1.29 is 9.47 Å². The molecule has 162 valence electrons. The lowest BCUT2D eigenvalue weighted by molar-refractivity contribution is 0.110. The highest BCUT2D eigenvalue weighted by molar-refractivity contribution is 14.0. The van der Waals surface area contributed by atoms with Crippen LogP contribution in [0.15, 0.2) is 41.7 Å². The van der Waals surface area contributed by atoms with Crippen LogP contribution in [0.2, 0.25) is 0 Å². The van der Waals surface area contributed by atoms with Gasteiger partial charge < -0.3 is 20.1 Å². The van der Waals surface area contributed by atoms with Crippen LogP contribution in [-0.4, -0.2) is 48.7 Å². The van der Waals surface area contributed by atoms with Crippen molar-refractivity contribution in [2.45, 2.75) is 40.3 Å². The molecule has 0 aliphatic carbocycles. The predicted octanol–water partition coefficient (Wildman–Crippen LogP) is 3.37. The first kappa shape index (κ1) is 25.2. The molecule has 2 N–H and O–H groups in total. The van der Waals surface area contributed by atoms with Crippen molar-refractivity contribution in [2.75, 3.05) is 32.9 Å². The van der Waals surface area contributed by atoms with E-state index in [1.54, 1.807) is 6.20 Å². The molecule has 7 nitrogen and oxygen atoms in total. The monoisotopic (exact) mass is 515 g/mol. The molecule has 0 saturated carbocycles. The minimum Gasteiger partial charge on any atom is -0.491 e. The van der Waals surface area contributed by atoms with Crippen LogP contribution in [0.3, 0.4) is 0 Å². The second-order valence-corrected chi connectivity index (χ2v) is 6.40. The van der Waals surface area contributed by atoms with E-state index in [1.165, 1.54) is 5.56 Å². The molecule has 8 heteroatoms. The third kappa shape index (κ3) is 9.98. The Morgan fingerprint density at radius 3 is 2.79 bits per heavy atom. The number of ether oxygens (including phenoxy) is 2. The molecule has 0 aliphatic heterocycles. The van der Waals surface area contributed by atoms with E-state index >= 15 is 0 Å². The van der Waals surface area contributed by atoms with E-state index in [2.05, 4.69) is 47.8 Å². The van der Waals surface area contributed by atoms with E-state index < -0.39 is 0 Å². The van der Waals surface area contributed by atoms with Crippen LogP contribution in [0.5, 0.6) is 5.75 Å². The Kier molecular flexibility index (Phi) is 13.1. The molecule has 0 spiro atoms. The number of aromatic nitrogens is 2. The topological polar surface area (TPSA) is 72.7 Å². The van der Waals surface area contributed by atoms with Crippen LogP contribution in [0, 0.1) is 6.92 Å². The number of hydrogen-bond donors (Lipinski definition) is 2. The summed E-state index contributed by atoms with van der Waals surface area (Å²) in [6.07, 6.45) is 4.75. The molecule has 1 heterocycles. The number of guanidine groups is 1. The molecular formula is C21H34IN5O2. The first-order valence-corrected chi connectivity index (χ1v) is 10.0. The largest absolute Gasteiger partial charge is 0.491 e. The van der Waals surface area contributed by atoms with Gasteiger partial charge in [-0.3, -0.25) is 4.68 Å². The van der Waals surface area contributed by atoms with Crippen molar-refractivity contribution in [3.05, 3.63) is 47.8 Å². The fraction of sp³-hybridized carbons (Fsp3) is 0.524. The van der Waals surface area contributed by atoms with Crippen molar-refractivity contribution in [3.8, 4) is 5.75 Å². The summed E-state index contributed by atoms with van der Waals surface area (Å²) >= 11 is 0. The highest BCUT2D eigenvalue weighted by Crippen LogP contribution is 2.21. The molecule has 0 aliphatic rings. The minimum absolute atomic E-state index is 0. The fourth-order valence-corrected chi connectivity index (χ4v) is 2.67. The predicted molar refractivity (Wildman–Crippen MR) is 128 cm³/mol. The van der Waals surface area contributed by atoms with E-state index in [9.17, 15) is 0 Å². The molecule has 0 unspecified atom stereocenters. The van der Waals surface area contributed by atoms with E-state index in [-0.39, 0.29) is 24.0 Å². The Hall–Kier alpha value is -1.81. The quantitative estimate of drug-likeness (QED) is 0.196. The fourth-order valence-electron chi connectivity index (χ4n) is 2.67. The van der Waals surface area contributed by atoms with Crippen molar-refractivity contribution >= 4 is 29.9 Å². The first-order chi connectivity index (χ1) is 13.7. The summed E-state index contributed by atoms with van der Waals surface area (Å²) in [5.41, 5.74) is 2.23. The average Bonchev–Trinajstić information content (AvgIpc) is 3.21. The van der Waals surface area contributed by atoms with E-state index in [4.69, 9.17) is 14.5 Å². The second kappa shape index (κ2) is 15.1. The summed E-state index contributed by atoms with van der Waals surface area (Å²) in [4.78, 5) is 4.71. The van der Waals surface area contributed by atoms with Gasteiger partial charge in [0.25, 0.3) is 0 Å². The summed E-state index contributed by atoms with van der Waals surface area (Å²) in [7, 11) is 0. The van der Waals surface area contributed by atoms with Crippen LogP contribution in [0.1, 0.15) is 31.4 Å². The second-order valence-electron chi connectivity index (χ2n) is 6.40. The minimum atomic E-state index is 0. The van der Waals surface area contributed by atoms with Gasteiger partial charge in [0, 0.05) is 44.2 Å². The third-order valence-electron chi connectivity index (χ3n) is 4.08. The highest BCUT2D eigenvalue weighted by atomic mass is 127. The van der Waals surface area contributed by atoms with E-state index in [0.29, 0.717) is 26.4 Å². The smallest absolute Gasteiger partial charge is 0.191 e. The van der Waals surface area contributed by atoms with E-state index in [1.807, 2.05) is 23.9 Å². The van der Waals surface area contributed by atoms with Gasteiger partial charge in [-0.05, 0) is 44.9 Å². The summed E-state index contributed by atoms with van der Waals surface area (Å²) in [6, 6.07) is 8.16.